The molecule has 0 aromatic rings. The molecule has 2 heteroatoms. The highest BCUT2D eigenvalue weighted by Gasteiger charge is 2.42. The molecule has 0 aromatic carbocycles. The van der Waals surface area contributed by atoms with E-state index in [-0.39, 0.29) is 0 Å². The second-order valence-corrected chi connectivity index (χ2v) is 11.5. The summed E-state index contributed by atoms with van der Waals surface area (Å²) < 4.78 is 0. The van der Waals surface area contributed by atoms with Crippen molar-refractivity contribution in [2.24, 2.45) is 16.8 Å². The van der Waals surface area contributed by atoms with Crippen LogP contribution in [0.15, 0.2) is 41.1 Å². The van der Waals surface area contributed by atoms with Gasteiger partial charge in [-0.2, -0.15) is 0 Å². The van der Waals surface area contributed by atoms with E-state index < -0.39 is 0 Å². The zero-order valence-electron chi connectivity index (χ0n) is 21.8. The minimum atomic E-state index is 0.605. The van der Waals surface area contributed by atoms with Crippen LogP contribution in [0.2, 0.25) is 0 Å². The van der Waals surface area contributed by atoms with Gasteiger partial charge in [-0.05, 0) is 89.4 Å². The fourth-order valence-corrected chi connectivity index (χ4v) is 7.42. The molecular formula is C31H50N2. The molecule has 4 aliphatic rings. The standard InChI is InChI=1S/C31H50N2/c1-5-25(16-17-28(6-2)32-29-14-8-7-9-15-29)20-23(3)33-30-18-19-31(33)22-27(21-30)24(4)26-12-10-11-13-26/h5,26-27,29-31H,3-4,6-22H2,1-2H3. The fourth-order valence-electron chi connectivity index (χ4n) is 7.42. The topological polar surface area (TPSA) is 15.6 Å². The van der Waals surface area contributed by atoms with E-state index in [1.807, 2.05) is 0 Å². The third-order valence-electron chi connectivity index (χ3n) is 9.42. The Hall–Kier alpha value is -1.31. The lowest BCUT2D eigenvalue weighted by Gasteiger charge is -2.43. The maximum absolute atomic E-state index is 5.17. The summed E-state index contributed by atoms with van der Waals surface area (Å²) in [4.78, 5) is 7.92. The number of aliphatic imine (C=N–C) groups is 1. The van der Waals surface area contributed by atoms with Crippen LogP contribution in [0.1, 0.15) is 123 Å². The Morgan fingerprint density at radius 3 is 2.09 bits per heavy atom. The minimum Gasteiger partial charge on any atom is -0.369 e. The van der Waals surface area contributed by atoms with Crippen LogP contribution in [0, 0.1) is 11.8 Å². The number of hydrogen-bond donors (Lipinski definition) is 0. The molecule has 0 radical (unpaired) electrons. The summed E-state index contributed by atoms with van der Waals surface area (Å²) in [6.45, 7) is 13.8. The van der Waals surface area contributed by atoms with E-state index >= 15 is 0 Å². The lowest BCUT2D eigenvalue weighted by atomic mass is 9.79. The SMILES string of the molecule is C=C(C1CCCC1)C1CC2CCC(C1)N2C(=C)CC(=CC)CCC(CC)=NC1CCCCC1. The largest absolute Gasteiger partial charge is 0.369 e. The molecule has 33 heavy (non-hydrogen) atoms. The summed E-state index contributed by atoms with van der Waals surface area (Å²) in [5.41, 5.74) is 5.98. The number of allylic oxidation sites excluding steroid dienone is 3. The number of nitrogens with zero attached hydrogens (tertiary/aromatic N) is 2. The third kappa shape index (κ3) is 6.23. The highest BCUT2D eigenvalue weighted by molar-refractivity contribution is 5.84. The van der Waals surface area contributed by atoms with E-state index in [0.29, 0.717) is 18.1 Å². The van der Waals surface area contributed by atoms with Crippen LogP contribution in [0.5, 0.6) is 0 Å². The first-order valence-electron chi connectivity index (χ1n) is 14.4. The molecule has 0 aromatic heterocycles. The van der Waals surface area contributed by atoms with Gasteiger partial charge in [-0.3, -0.25) is 4.99 Å². The van der Waals surface area contributed by atoms with Gasteiger partial charge in [-0.15, -0.1) is 0 Å². The molecule has 2 nitrogen and oxygen atoms in total. The maximum atomic E-state index is 5.17. The Bertz CT molecular complexity index is 718. The fraction of sp³-hybridized carbons (Fsp3) is 0.774. The molecule has 4 rings (SSSR count). The van der Waals surface area contributed by atoms with Crippen molar-refractivity contribution in [3.05, 3.63) is 36.1 Å². The summed E-state index contributed by atoms with van der Waals surface area (Å²) in [6.07, 6.45) is 24.6. The van der Waals surface area contributed by atoms with E-state index in [2.05, 4.69) is 38.0 Å². The molecule has 2 atom stereocenters. The maximum Gasteiger partial charge on any atom is 0.0499 e. The van der Waals surface area contributed by atoms with Crippen molar-refractivity contribution in [1.29, 1.82) is 0 Å². The molecule has 2 bridgehead atoms. The Morgan fingerprint density at radius 1 is 0.848 bits per heavy atom. The zero-order chi connectivity index (χ0) is 23.2. The number of hydrogen-bond acceptors (Lipinski definition) is 2. The molecule has 0 amide bonds. The van der Waals surface area contributed by atoms with Gasteiger partial charge >= 0.3 is 0 Å². The first-order chi connectivity index (χ1) is 16.1. The van der Waals surface area contributed by atoms with Gasteiger partial charge < -0.3 is 4.90 Å². The molecule has 2 unspecified atom stereocenters. The van der Waals surface area contributed by atoms with Crippen LogP contribution < -0.4 is 0 Å². The van der Waals surface area contributed by atoms with Crippen LogP contribution in [0.4, 0.5) is 0 Å². The highest BCUT2D eigenvalue weighted by atomic mass is 15.2. The van der Waals surface area contributed by atoms with Gasteiger partial charge in [0.1, 0.15) is 0 Å². The van der Waals surface area contributed by atoms with Crippen LogP contribution in [-0.2, 0) is 0 Å². The molecule has 4 fully saturated rings. The van der Waals surface area contributed by atoms with E-state index in [9.17, 15) is 0 Å². The van der Waals surface area contributed by atoms with Gasteiger partial charge in [-0.1, -0.05) is 69.4 Å². The van der Waals surface area contributed by atoms with E-state index in [1.54, 1.807) is 11.1 Å². The average molecular weight is 451 g/mol. The minimum absolute atomic E-state index is 0.605. The van der Waals surface area contributed by atoms with Gasteiger partial charge in [-0.25, -0.2) is 0 Å². The van der Waals surface area contributed by atoms with Crippen LogP contribution in [-0.4, -0.2) is 28.7 Å². The Balaban J connectivity index is 1.29. The van der Waals surface area contributed by atoms with Gasteiger partial charge in [0.25, 0.3) is 0 Å². The van der Waals surface area contributed by atoms with E-state index in [1.165, 1.54) is 94.9 Å². The molecule has 2 aliphatic carbocycles. The molecule has 2 saturated carbocycles. The quantitative estimate of drug-likeness (QED) is 0.240. The van der Waals surface area contributed by atoms with Gasteiger partial charge in [0.2, 0.25) is 0 Å². The summed E-state index contributed by atoms with van der Waals surface area (Å²) in [7, 11) is 0. The molecule has 2 saturated heterocycles. The molecule has 2 aliphatic heterocycles. The Morgan fingerprint density at radius 2 is 1.48 bits per heavy atom. The van der Waals surface area contributed by atoms with Crippen LogP contribution in [0.3, 0.4) is 0 Å². The van der Waals surface area contributed by atoms with E-state index in [0.717, 1.165) is 37.5 Å². The summed E-state index contributed by atoms with van der Waals surface area (Å²) in [5, 5.41) is 0. The summed E-state index contributed by atoms with van der Waals surface area (Å²) in [5.74, 6) is 1.58. The number of fused-ring (bicyclic) bond motifs is 2. The Kier molecular flexibility index (Phi) is 8.94. The van der Waals surface area contributed by atoms with Crippen molar-refractivity contribution in [3.63, 3.8) is 0 Å². The molecular weight excluding hydrogens is 400 g/mol. The van der Waals surface area contributed by atoms with Crippen molar-refractivity contribution in [2.45, 2.75) is 141 Å². The average Bonchev–Trinajstić information content (AvgIpc) is 3.47. The first-order valence-corrected chi connectivity index (χ1v) is 14.4. The predicted octanol–water partition coefficient (Wildman–Crippen LogP) is 8.79. The highest BCUT2D eigenvalue weighted by Crippen LogP contribution is 2.47. The second-order valence-electron chi connectivity index (χ2n) is 11.5. The van der Waals surface area contributed by atoms with Crippen molar-refractivity contribution in [2.75, 3.05) is 0 Å². The van der Waals surface area contributed by atoms with E-state index in [4.69, 9.17) is 4.99 Å². The monoisotopic (exact) mass is 450 g/mol. The molecule has 184 valence electrons. The first kappa shape index (κ1) is 24.8. The van der Waals surface area contributed by atoms with Crippen LogP contribution in [0.25, 0.3) is 0 Å². The molecule has 0 spiro atoms. The number of rotatable bonds is 10. The van der Waals surface area contributed by atoms with Gasteiger partial charge in [0.15, 0.2) is 0 Å². The summed E-state index contributed by atoms with van der Waals surface area (Å²) >= 11 is 0. The lowest BCUT2D eigenvalue weighted by molar-refractivity contribution is 0.148. The van der Waals surface area contributed by atoms with Crippen LogP contribution >= 0.6 is 0 Å². The van der Waals surface area contributed by atoms with Crippen molar-refractivity contribution in [3.8, 4) is 0 Å². The van der Waals surface area contributed by atoms with Crippen molar-refractivity contribution >= 4 is 5.71 Å². The Labute approximate surface area is 204 Å². The third-order valence-corrected chi connectivity index (χ3v) is 9.42. The van der Waals surface area contributed by atoms with Gasteiger partial charge in [0, 0.05) is 36.0 Å². The smallest absolute Gasteiger partial charge is 0.0499 e. The van der Waals surface area contributed by atoms with Crippen molar-refractivity contribution < 1.29 is 0 Å². The summed E-state index contributed by atoms with van der Waals surface area (Å²) in [6, 6.07) is 2.02. The molecule has 0 N–H and O–H groups in total. The second kappa shape index (κ2) is 11.9. The zero-order valence-corrected chi connectivity index (χ0v) is 21.8. The van der Waals surface area contributed by atoms with Gasteiger partial charge in [0.05, 0.1) is 0 Å². The van der Waals surface area contributed by atoms with Crippen molar-refractivity contribution in [1.82, 2.24) is 4.90 Å². The lowest BCUT2D eigenvalue weighted by Crippen LogP contribution is -2.42. The predicted molar refractivity (Wildman–Crippen MR) is 144 cm³/mol. The number of piperidine rings is 1. The normalized spacial score (nSPS) is 29.6. The molecule has 2 heterocycles.